The van der Waals surface area contributed by atoms with Crippen LogP contribution < -0.4 is 4.74 Å². The standard InChI is InChI=1S/C9H12N2O3/c1-6(2)14-8-5-10-7(4-11-8)9(12)13-3/h4-6H,1-3H3. The Morgan fingerprint density at radius 2 is 2.07 bits per heavy atom. The molecule has 0 aromatic carbocycles. The Kier molecular flexibility index (Phi) is 3.39. The van der Waals surface area contributed by atoms with Crippen LogP contribution in [0.25, 0.3) is 0 Å². The monoisotopic (exact) mass is 196 g/mol. The van der Waals surface area contributed by atoms with Gasteiger partial charge in [-0.3, -0.25) is 0 Å². The average molecular weight is 196 g/mol. The van der Waals surface area contributed by atoms with Gasteiger partial charge in [0.25, 0.3) is 0 Å². The van der Waals surface area contributed by atoms with Crippen molar-refractivity contribution < 1.29 is 14.3 Å². The van der Waals surface area contributed by atoms with E-state index in [-0.39, 0.29) is 11.8 Å². The van der Waals surface area contributed by atoms with Gasteiger partial charge < -0.3 is 9.47 Å². The van der Waals surface area contributed by atoms with E-state index in [0.29, 0.717) is 5.88 Å². The van der Waals surface area contributed by atoms with E-state index in [2.05, 4.69) is 14.7 Å². The normalized spacial score (nSPS) is 10.0. The molecule has 14 heavy (non-hydrogen) atoms. The van der Waals surface area contributed by atoms with E-state index in [1.54, 1.807) is 0 Å². The minimum Gasteiger partial charge on any atom is -0.474 e. The number of carbonyl (C=O) groups is 1. The summed E-state index contributed by atoms with van der Waals surface area (Å²) in [6.45, 7) is 3.77. The number of hydrogen-bond acceptors (Lipinski definition) is 5. The fourth-order valence-corrected chi connectivity index (χ4v) is 0.829. The number of ether oxygens (including phenoxy) is 2. The van der Waals surface area contributed by atoms with Gasteiger partial charge in [0.05, 0.1) is 25.6 Å². The van der Waals surface area contributed by atoms with Crippen LogP contribution in [0.3, 0.4) is 0 Å². The highest BCUT2D eigenvalue weighted by Crippen LogP contribution is 2.06. The molecule has 0 fully saturated rings. The van der Waals surface area contributed by atoms with Crippen molar-refractivity contribution in [3.05, 3.63) is 18.1 Å². The molecule has 0 N–H and O–H groups in total. The lowest BCUT2D eigenvalue weighted by molar-refractivity contribution is 0.0593. The zero-order chi connectivity index (χ0) is 10.6. The van der Waals surface area contributed by atoms with Crippen LogP contribution in [0.1, 0.15) is 24.3 Å². The van der Waals surface area contributed by atoms with Gasteiger partial charge >= 0.3 is 5.97 Å². The van der Waals surface area contributed by atoms with E-state index in [4.69, 9.17) is 4.74 Å². The molecular weight excluding hydrogens is 184 g/mol. The summed E-state index contributed by atoms with van der Waals surface area (Å²) >= 11 is 0. The van der Waals surface area contributed by atoms with E-state index in [1.807, 2.05) is 13.8 Å². The van der Waals surface area contributed by atoms with Crippen LogP contribution in [-0.2, 0) is 4.74 Å². The molecule has 0 radical (unpaired) electrons. The number of hydrogen-bond donors (Lipinski definition) is 0. The highest BCUT2D eigenvalue weighted by atomic mass is 16.5. The van der Waals surface area contributed by atoms with Crippen molar-refractivity contribution in [1.29, 1.82) is 0 Å². The SMILES string of the molecule is COC(=O)c1cnc(OC(C)C)cn1. The average Bonchev–Trinajstić information content (AvgIpc) is 2.17. The van der Waals surface area contributed by atoms with Crippen molar-refractivity contribution in [2.24, 2.45) is 0 Å². The van der Waals surface area contributed by atoms with Crippen LogP contribution in [0.4, 0.5) is 0 Å². The minimum absolute atomic E-state index is 0.0354. The van der Waals surface area contributed by atoms with Crippen molar-refractivity contribution in [1.82, 2.24) is 9.97 Å². The highest BCUT2D eigenvalue weighted by molar-refractivity contribution is 5.86. The molecule has 1 heterocycles. The second-order valence-electron chi connectivity index (χ2n) is 2.90. The topological polar surface area (TPSA) is 61.3 Å². The Bertz CT molecular complexity index is 308. The third-order valence-electron chi connectivity index (χ3n) is 1.38. The van der Waals surface area contributed by atoms with Gasteiger partial charge in [-0.05, 0) is 13.8 Å². The summed E-state index contributed by atoms with van der Waals surface area (Å²) in [4.78, 5) is 18.7. The van der Waals surface area contributed by atoms with Gasteiger partial charge in [-0.2, -0.15) is 0 Å². The quantitative estimate of drug-likeness (QED) is 0.676. The summed E-state index contributed by atoms with van der Waals surface area (Å²) in [6, 6.07) is 0. The first-order chi connectivity index (χ1) is 6.63. The van der Waals surface area contributed by atoms with E-state index < -0.39 is 5.97 Å². The Labute approximate surface area is 82.1 Å². The number of aromatic nitrogens is 2. The fraction of sp³-hybridized carbons (Fsp3) is 0.444. The Balaban J connectivity index is 2.73. The third kappa shape index (κ3) is 2.69. The number of rotatable bonds is 3. The van der Waals surface area contributed by atoms with Gasteiger partial charge in [0.1, 0.15) is 0 Å². The lowest BCUT2D eigenvalue weighted by Gasteiger charge is -2.07. The van der Waals surface area contributed by atoms with E-state index >= 15 is 0 Å². The summed E-state index contributed by atoms with van der Waals surface area (Å²) in [6.07, 6.45) is 2.75. The van der Waals surface area contributed by atoms with E-state index in [0.717, 1.165) is 0 Å². The highest BCUT2D eigenvalue weighted by Gasteiger charge is 2.07. The fourth-order valence-electron chi connectivity index (χ4n) is 0.829. The lowest BCUT2D eigenvalue weighted by atomic mass is 10.4. The Morgan fingerprint density at radius 3 is 2.50 bits per heavy atom. The largest absolute Gasteiger partial charge is 0.474 e. The molecule has 0 saturated heterocycles. The van der Waals surface area contributed by atoms with Crippen molar-refractivity contribution in [2.75, 3.05) is 7.11 Å². The van der Waals surface area contributed by atoms with Crippen LogP contribution in [0, 0.1) is 0 Å². The maximum Gasteiger partial charge on any atom is 0.358 e. The Morgan fingerprint density at radius 1 is 1.36 bits per heavy atom. The molecule has 0 atom stereocenters. The predicted molar refractivity (Wildman–Crippen MR) is 49.1 cm³/mol. The van der Waals surface area contributed by atoms with Crippen LogP contribution in [0.15, 0.2) is 12.4 Å². The predicted octanol–water partition coefficient (Wildman–Crippen LogP) is 1.05. The maximum atomic E-state index is 11.0. The second-order valence-corrected chi connectivity index (χ2v) is 2.90. The summed E-state index contributed by atoms with van der Waals surface area (Å²) in [5, 5.41) is 0. The third-order valence-corrected chi connectivity index (χ3v) is 1.38. The molecule has 1 rings (SSSR count). The molecule has 5 nitrogen and oxygen atoms in total. The molecule has 1 aromatic rings. The summed E-state index contributed by atoms with van der Waals surface area (Å²) < 4.78 is 9.73. The zero-order valence-corrected chi connectivity index (χ0v) is 8.35. The molecule has 0 amide bonds. The molecule has 0 unspecified atom stereocenters. The number of methoxy groups -OCH3 is 1. The van der Waals surface area contributed by atoms with Crippen LogP contribution in [-0.4, -0.2) is 29.2 Å². The Hall–Kier alpha value is -1.65. The molecule has 0 saturated carbocycles. The van der Waals surface area contributed by atoms with Gasteiger partial charge in [-0.25, -0.2) is 14.8 Å². The van der Waals surface area contributed by atoms with Gasteiger partial charge in [0, 0.05) is 0 Å². The lowest BCUT2D eigenvalue weighted by Crippen LogP contribution is -2.09. The first-order valence-corrected chi connectivity index (χ1v) is 4.20. The molecule has 0 bridgehead atoms. The first kappa shape index (κ1) is 10.4. The van der Waals surface area contributed by atoms with Gasteiger partial charge in [0.2, 0.25) is 5.88 Å². The molecule has 0 spiro atoms. The number of nitrogens with zero attached hydrogens (tertiary/aromatic N) is 2. The minimum atomic E-state index is -0.506. The number of esters is 1. The van der Waals surface area contributed by atoms with Crippen LogP contribution >= 0.6 is 0 Å². The summed E-state index contributed by atoms with van der Waals surface area (Å²) in [7, 11) is 1.29. The zero-order valence-electron chi connectivity index (χ0n) is 8.35. The summed E-state index contributed by atoms with van der Waals surface area (Å²) in [5.41, 5.74) is 0.170. The maximum absolute atomic E-state index is 11.0. The second kappa shape index (κ2) is 4.55. The van der Waals surface area contributed by atoms with Crippen LogP contribution in [0.2, 0.25) is 0 Å². The molecule has 0 aliphatic carbocycles. The van der Waals surface area contributed by atoms with E-state index in [1.165, 1.54) is 19.5 Å². The summed E-state index contributed by atoms with van der Waals surface area (Å²) in [5.74, 6) is -0.110. The van der Waals surface area contributed by atoms with Crippen molar-refractivity contribution in [3.8, 4) is 5.88 Å². The van der Waals surface area contributed by atoms with E-state index in [9.17, 15) is 4.79 Å². The number of carbonyl (C=O) groups excluding carboxylic acids is 1. The smallest absolute Gasteiger partial charge is 0.358 e. The van der Waals surface area contributed by atoms with Gasteiger partial charge in [-0.15, -0.1) is 0 Å². The van der Waals surface area contributed by atoms with Gasteiger partial charge in [-0.1, -0.05) is 0 Å². The molecule has 0 aliphatic heterocycles. The first-order valence-electron chi connectivity index (χ1n) is 4.20. The van der Waals surface area contributed by atoms with Crippen LogP contribution in [0.5, 0.6) is 5.88 Å². The van der Waals surface area contributed by atoms with Crippen molar-refractivity contribution in [3.63, 3.8) is 0 Å². The molecule has 5 heteroatoms. The molecular formula is C9H12N2O3. The molecule has 76 valence electrons. The molecule has 0 aliphatic rings. The van der Waals surface area contributed by atoms with Crippen molar-refractivity contribution in [2.45, 2.75) is 20.0 Å². The molecule has 1 aromatic heterocycles. The van der Waals surface area contributed by atoms with Gasteiger partial charge in [0.15, 0.2) is 5.69 Å². The van der Waals surface area contributed by atoms with Crippen molar-refractivity contribution >= 4 is 5.97 Å².